The van der Waals surface area contributed by atoms with Gasteiger partial charge in [0, 0.05) is 36.7 Å². The molecule has 0 bridgehead atoms. The number of likely N-dealkylation sites (tertiary alicyclic amines) is 1. The number of hydrogen-bond acceptors (Lipinski definition) is 4. The molecule has 22 heavy (non-hydrogen) atoms. The van der Waals surface area contributed by atoms with Gasteiger partial charge in [-0.25, -0.2) is 0 Å². The van der Waals surface area contributed by atoms with Crippen molar-refractivity contribution in [3.05, 3.63) is 30.1 Å². The molecule has 1 amide bonds. The zero-order valence-corrected chi connectivity index (χ0v) is 15.3. The Morgan fingerprint density at radius 1 is 1.45 bits per heavy atom. The van der Waals surface area contributed by atoms with Crippen LogP contribution in [0.25, 0.3) is 0 Å². The largest absolute Gasteiger partial charge is 0.340 e. The smallest absolute Gasteiger partial charge is 0.223 e. The number of halogens is 2. The summed E-state index contributed by atoms with van der Waals surface area (Å²) in [6.45, 7) is 3.64. The Kier molecular flexibility index (Phi) is 10.9. The average molecular weight is 366 g/mol. The van der Waals surface area contributed by atoms with E-state index in [0.29, 0.717) is 24.9 Å². The minimum absolute atomic E-state index is 0. The van der Waals surface area contributed by atoms with E-state index in [-0.39, 0.29) is 30.7 Å². The van der Waals surface area contributed by atoms with Crippen molar-refractivity contribution in [1.29, 1.82) is 0 Å². The number of hydrogen-bond donors (Lipinski definition) is 1. The zero-order chi connectivity index (χ0) is 14.4. The Hall–Kier alpha value is -0.490. The quantitative estimate of drug-likeness (QED) is 0.787. The fourth-order valence-corrected chi connectivity index (χ4v) is 3.47. The third-order valence-corrected chi connectivity index (χ3v) is 4.74. The summed E-state index contributed by atoms with van der Waals surface area (Å²) in [5.74, 6) is 2.47. The molecule has 1 aromatic heterocycles. The molecule has 0 aliphatic carbocycles. The van der Waals surface area contributed by atoms with Gasteiger partial charge in [0.05, 0.1) is 5.69 Å². The first-order chi connectivity index (χ1) is 9.70. The molecular formula is C15H25Cl2N3OS. The van der Waals surface area contributed by atoms with Crippen molar-refractivity contribution in [1.82, 2.24) is 9.88 Å². The van der Waals surface area contributed by atoms with Crippen LogP contribution in [0.15, 0.2) is 24.4 Å². The van der Waals surface area contributed by atoms with Gasteiger partial charge >= 0.3 is 0 Å². The highest BCUT2D eigenvalue weighted by Crippen LogP contribution is 2.23. The van der Waals surface area contributed by atoms with Gasteiger partial charge in [0.1, 0.15) is 0 Å². The van der Waals surface area contributed by atoms with E-state index in [4.69, 9.17) is 5.73 Å². The molecule has 7 heteroatoms. The Morgan fingerprint density at radius 2 is 2.23 bits per heavy atom. The van der Waals surface area contributed by atoms with Gasteiger partial charge in [-0.05, 0) is 37.9 Å². The van der Waals surface area contributed by atoms with Gasteiger partial charge in [-0.1, -0.05) is 6.07 Å². The van der Waals surface area contributed by atoms with Crippen LogP contribution < -0.4 is 5.73 Å². The highest BCUT2D eigenvalue weighted by Gasteiger charge is 2.30. The second-order valence-corrected chi connectivity index (χ2v) is 6.46. The van der Waals surface area contributed by atoms with Crippen molar-refractivity contribution in [2.45, 2.75) is 31.6 Å². The maximum absolute atomic E-state index is 12.2. The van der Waals surface area contributed by atoms with E-state index in [0.717, 1.165) is 30.2 Å². The molecule has 126 valence electrons. The summed E-state index contributed by atoms with van der Waals surface area (Å²) in [5.41, 5.74) is 6.77. The van der Waals surface area contributed by atoms with Crippen molar-refractivity contribution in [3.63, 3.8) is 0 Å². The number of carbonyl (C=O) groups excluding carboxylic acids is 1. The minimum Gasteiger partial charge on any atom is -0.340 e. The summed E-state index contributed by atoms with van der Waals surface area (Å²) in [4.78, 5) is 18.5. The molecule has 2 atom stereocenters. The summed E-state index contributed by atoms with van der Waals surface area (Å²) >= 11 is 1.77. The van der Waals surface area contributed by atoms with Crippen LogP contribution in [0.5, 0.6) is 0 Å². The third kappa shape index (κ3) is 6.32. The molecule has 2 unspecified atom stereocenters. The zero-order valence-electron chi connectivity index (χ0n) is 12.8. The first-order valence-corrected chi connectivity index (χ1v) is 8.33. The van der Waals surface area contributed by atoms with Crippen LogP contribution in [-0.2, 0) is 10.5 Å². The fraction of sp³-hybridized carbons (Fsp3) is 0.600. The van der Waals surface area contributed by atoms with Crippen LogP contribution in [-0.4, -0.2) is 40.7 Å². The van der Waals surface area contributed by atoms with E-state index in [2.05, 4.69) is 11.9 Å². The molecule has 1 aliphatic heterocycles. The van der Waals surface area contributed by atoms with E-state index in [1.165, 1.54) is 0 Å². The molecule has 4 nitrogen and oxygen atoms in total. The predicted molar refractivity (Wildman–Crippen MR) is 97.8 cm³/mol. The number of aromatic nitrogens is 1. The number of carbonyl (C=O) groups is 1. The molecule has 1 saturated heterocycles. The van der Waals surface area contributed by atoms with Crippen LogP contribution in [0.1, 0.15) is 25.5 Å². The van der Waals surface area contributed by atoms with E-state index in [9.17, 15) is 4.79 Å². The SMILES string of the molecule is CC1CC(CN)CN1C(=O)CCSCc1ccccn1.Cl.Cl. The highest BCUT2D eigenvalue weighted by molar-refractivity contribution is 7.98. The van der Waals surface area contributed by atoms with Gasteiger partial charge in [-0.3, -0.25) is 9.78 Å². The maximum atomic E-state index is 12.2. The van der Waals surface area contributed by atoms with Crippen molar-refractivity contribution < 1.29 is 4.79 Å². The molecule has 0 spiro atoms. The van der Waals surface area contributed by atoms with Crippen molar-refractivity contribution in [2.75, 3.05) is 18.8 Å². The lowest BCUT2D eigenvalue weighted by Crippen LogP contribution is -2.34. The summed E-state index contributed by atoms with van der Waals surface area (Å²) in [6.07, 6.45) is 3.46. The summed E-state index contributed by atoms with van der Waals surface area (Å²) in [5, 5.41) is 0. The lowest BCUT2D eigenvalue weighted by molar-refractivity contribution is -0.131. The average Bonchev–Trinajstić information content (AvgIpc) is 2.86. The van der Waals surface area contributed by atoms with Gasteiger partial charge in [0.25, 0.3) is 0 Å². The molecule has 1 aliphatic rings. The van der Waals surface area contributed by atoms with Crippen molar-refractivity contribution in [3.8, 4) is 0 Å². The fourth-order valence-electron chi connectivity index (χ4n) is 2.62. The van der Waals surface area contributed by atoms with Crippen LogP contribution >= 0.6 is 36.6 Å². The van der Waals surface area contributed by atoms with Crippen LogP contribution in [0.3, 0.4) is 0 Å². The van der Waals surface area contributed by atoms with E-state index >= 15 is 0 Å². The van der Waals surface area contributed by atoms with Crippen LogP contribution in [0, 0.1) is 5.92 Å². The lowest BCUT2D eigenvalue weighted by Gasteiger charge is -2.21. The number of thioether (sulfide) groups is 1. The normalized spacial score (nSPS) is 20.2. The third-order valence-electron chi connectivity index (χ3n) is 3.75. The second kappa shape index (κ2) is 11.1. The van der Waals surface area contributed by atoms with E-state index in [1.54, 1.807) is 18.0 Å². The van der Waals surface area contributed by atoms with Gasteiger partial charge < -0.3 is 10.6 Å². The topological polar surface area (TPSA) is 59.2 Å². The van der Waals surface area contributed by atoms with Crippen molar-refractivity contribution >= 4 is 42.5 Å². The molecule has 0 radical (unpaired) electrons. The van der Waals surface area contributed by atoms with Gasteiger partial charge in [-0.15, -0.1) is 24.8 Å². The first kappa shape index (κ1) is 21.5. The molecule has 0 saturated carbocycles. The first-order valence-electron chi connectivity index (χ1n) is 7.18. The number of nitrogens with zero attached hydrogens (tertiary/aromatic N) is 2. The molecule has 2 rings (SSSR count). The van der Waals surface area contributed by atoms with Crippen LogP contribution in [0.2, 0.25) is 0 Å². The lowest BCUT2D eigenvalue weighted by atomic mass is 10.1. The number of amides is 1. The van der Waals surface area contributed by atoms with E-state index < -0.39 is 0 Å². The van der Waals surface area contributed by atoms with E-state index in [1.807, 2.05) is 23.1 Å². The minimum atomic E-state index is 0. The second-order valence-electron chi connectivity index (χ2n) is 5.36. The number of pyridine rings is 1. The maximum Gasteiger partial charge on any atom is 0.223 e. The van der Waals surface area contributed by atoms with Crippen molar-refractivity contribution in [2.24, 2.45) is 11.7 Å². The molecule has 2 heterocycles. The standard InChI is InChI=1S/C15H23N3OS.2ClH/c1-12-8-13(9-16)10-18(12)15(19)5-7-20-11-14-4-2-3-6-17-14;;/h2-4,6,12-13H,5,7-11,16H2,1H3;2*1H. The summed E-state index contributed by atoms with van der Waals surface area (Å²) in [6, 6.07) is 6.27. The summed E-state index contributed by atoms with van der Waals surface area (Å²) < 4.78 is 0. The Morgan fingerprint density at radius 3 is 2.82 bits per heavy atom. The van der Waals surface area contributed by atoms with Gasteiger partial charge in [0.2, 0.25) is 5.91 Å². The Balaban J connectivity index is 0.00000220. The molecule has 1 aromatic rings. The van der Waals surface area contributed by atoms with Gasteiger partial charge in [0.15, 0.2) is 0 Å². The Labute approximate surface area is 149 Å². The number of nitrogens with two attached hydrogens (primary N) is 1. The number of rotatable bonds is 6. The predicted octanol–water partition coefficient (Wildman–Crippen LogP) is 2.74. The Bertz CT molecular complexity index is 436. The molecular weight excluding hydrogens is 341 g/mol. The summed E-state index contributed by atoms with van der Waals surface area (Å²) in [7, 11) is 0. The molecule has 1 fully saturated rings. The molecule has 0 aromatic carbocycles. The highest BCUT2D eigenvalue weighted by atomic mass is 35.5. The van der Waals surface area contributed by atoms with Gasteiger partial charge in [-0.2, -0.15) is 11.8 Å². The molecule has 2 N–H and O–H groups in total. The van der Waals surface area contributed by atoms with Crippen LogP contribution in [0.4, 0.5) is 0 Å². The monoisotopic (exact) mass is 365 g/mol.